The molecule has 172 valence electrons. The van der Waals surface area contributed by atoms with E-state index in [0.29, 0.717) is 16.8 Å². The number of halogens is 4. The fourth-order valence-electron chi connectivity index (χ4n) is 2.94. The van der Waals surface area contributed by atoms with Gasteiger partial charge in [-0.25, -0.2) is 9.67 Å². The van der Waals surface area contributed by atoms with Crippen molar-refractivity contribution >= 4 is 30.0 Å². The van der Waals surface area contributed by atoms with Crippen LogP contribution in [0.1, 0.15) is 23.7 Å². The molecule has 0 aliphatic rings. The second kappa shape index (κ2) is 10.6. The number of alkyl halides is 3. The van der Waals surface area contributed by atoms with Crippen molar-refractivity contribution in [2.45, 2.75) is 57.4 Å². The average molecular weight is 524 g/mol. The van der Waals surface area contributed by atoms with Gasteiger partial charge in [0.25, 0.3) is 0 Å². The minimum Gasteiger partial charge on any atom is -0.481 e. The lowest BCUT2D eigenvalue weighted by atomic mass is 9.84. The molecule has 1 N–H and O–H groups in total. The summed E-state index contributed by atoms with van der Waals surface area (Å²) in [6, 6.07) is 4.19. The Kier molecular flexibility index (Phi) is 8.71. The predicted molar refractivity (Wildman–Crippen MR) is 112 cm³/mol. The number of carboxylic acid groups (broad SMARTS) is 1. The van der Waals surface area contributed by atoms with Crippen LogP contribution in [0.2, 0.25) is 25.7 Å². The lowest BCUT2D eigenvalue weighted by Gasteiger charge is -2.24. The Morgan fingerprint density at radius 1 is 1.32 bits per heavy atom. The summed E-state index contributed by atoms with van der Waals surface area (Å²) in [6.45, 7) is 6.96. The molecule has 0 spiro atoms. The summed E-state index contributed by atoms with van der Waals surface area (Å²) in [7, 11) is -1.33. The predicted octanol–water partition coefficient (Wildman–Crippen LogP) is 4.12. The smallest absolute Gasteiger partial charge is 0.389 e. The molecule has 0 saturated heterocycles. The molecule has 2 rings (SSSR count). The van der Waals surface area contributed by atoms with Gasteiger partial charge in [0, 0.05) is 26.8 Å². The lowest BCUT2D eigenvalue weighted by molar-refractivity contribution is -0.165. The molecule has 31 heavy (non-hydrogen) atoms. The molecule has 0 amide bonds. The van der Waals surface area contributed by atoms with Crippen LogP contribution in [0.25, 0.3) is 0 Å². The highest BCUT2D eigenvalue weighted by Gasteiger charge is 2.42. The topological polar surface area (TPSA) is 103 Å². The van der Waals surface area contributed by atoms with E-state index >= 15 is 0 Å². The summed E-state index contributed by atoms with van der Waals surface area (Å²) in [5.41, 5.74) is 0.566. The van der Waals surface area contributed by atoms with Crippen molar-refractivity contribution in [3.05, 3.63) is 34.3 Å². The lowest BCUT2D eigenvalue weighted by Crippen LogP contribution is -2.31. The van der Waals surface area contributed by atoms with Crippen molar-refractivity contribution < 1.29 is 27.8 Å². The fraction of sp³-hybridized carbons (Fsp3) is 0.611. The van der Waals surface area contributed by atoms with Gasteiger partial charge in [0.1, 0.15) is 11.3 Å². The second-order valence-electron chi connectivity index (χ2n) is 8.45. The average Bonchev–Trinajstić information content (AvgIpc) is 3.10. The summed E-state index contributed by atoms with van der Waals surface area (Å²) in [6.07, 6.45) is -4.71. The number of hydrogen-bond donors (Lipinski definition) is 1. The van der Waals surface area contributed by atoms with Crippen LogP contribution in [0.15, 0.2) is 22.9 Å². The zero-order valence-corrected chi connectivity index (χ0v) is 20.0. The van der Waals surface area contributed by atoms with Crippen LogP contribution in [0, 0.1) is 5.92 Å². The van der Waals surface area contributed by atoms with Gasteiger partial charge in [0.2, 0.25) is 0 Å². The number of hydrogen-bond acceptors (Lipinski definition) is 6. The van der Waals surface area contributed by atoms with Crippen LogP contribution in [0.5, 0.6) is 0 Å². The standard InChI is InChI=1S/C18H25BrF3N5O3Si/c1-31(2,3)7-6-30-11-27-16(24-25-26-27)13(8-12-4-5-15(19)23-10-12)14(17(28)29)9-18(20,21)22/h4-5,10,13-14H,6-9,11H2,1-3H3,(H,28,29)/t13-,14?/m0/s1. The van der Waals surface area contributed by atoms with Crippen LogP contribution in [-0.4, -0.2) is 57.1 Å². The molecule has 0 bridgehead atoms. The molecule has 2 aromatic rings. The second-order valence-corrected chi connectivity index (χ2v) is 14.9. The maximum absolute atomic E-state index is 13.2. The normalized spacial score (nSPS) is 14.4. The summed E-state index contributed by atoms with van der Waals surface area (Å²) in [4.78, 5) is 15.9. The van der Waals surface area contributed by atoms with Crippen molar-refractivity contribution in [2.24, 2.45) is 5.92 Å². The highest BCUT2D eigenvalue weighted by atomic mass is 79.9. The van der Waals surface area contributed by atoms with E-state index in [-0.39, 0.29) is 19.0 Å². The largest absolute Gasteiger partial charge is 0.481 e. The Labute approximate surface area is 187 Å². The van der Waals surface area contributed by atoms with Crippen LogP contribution in [0.3, 0.4) is 0 Å². The summed E-state index contributed by atoms with van der Waals surface area (Å²) in [5.74, 6) is -4.43. The van der Waals surface area contributed by atoms with E-state index in [4.69, 9.17) is 4.74 Å². The Bertz CT molecular complexity index is 858. The number of nitrogens with zero attached hydrogens (tertiary/aromatic N) is 5. The maximum atomic E-state index is 13.2. The zero-order valence-electron chi connectivity index (χ0n) is 17.4. The zero-order chi connectivity index (χ0) is 23.2. The molecule has 0 fully saturated rings. The Hall–Kier alpha value is -1.86. The molecule has 0 saturated carbocycles. The minimum atomic E-state index is -4.66. The van der Waals surface area contributed by atoms with Crippen LogP contribution < -0.4 is 0 Å². The van der Waals surface area contributed by atoms with Crippen LogP contribution in [-0.2, 0) is 22.7 Å². The molecule has 0 radical (unpaired) electrons. The monoisotopic (exact) mass is 523 g/mol. The van der Waals surface area contributed by atoms with Gasteiger partial charge in [-0.2, -0.15) is 13.2 Å². The van der Waals surface area contributed by atoms with Crippen molar-refractivity contribution in [1.82, 2.24) is 25.2 Å². The number of ether oxygens (including phenoxy) is 1. The summed E-state index contributed by atoms with van der Waals surface area (Å²) < 4.78 is 46.9. The van der Waals surface area contributed by atoms with Gasteiger partial charge in [0.05, 0.1) is 12.3 Å². The first-order chi connectivity index (χ1) is 14.4. The van der Waals surface area contributed by atoms with E-state index in [1.165, 1.54) is 10.9 Å². The number of aliphatic carboxylic acids is 1. The molecule has 2 heterocycles. The maximum Gasteiger partial charge on any atom is 0.389 e. The molecular formula is C18H25BrF3N5O3Si. The molecule has 0 aliphatic heterocycles. The van der Waals surface area contributed by atoms with E-state index in [2.05, 4.69) is 56.1 Å². The quantitative estimate of drug-likeness (QED) is 0.268. The molecule has 8 nitrogen and oxygen atoms in total. The molecule has 1 unspecified atom stereocenters. The van der Waals surface area contributed by atoms with Crippen molar-refractivity contribution in [3.63, 3.8) is 0 Å². The third-order valence-electron chi connectivity index (χ3n) is 4.60. The Morgan fingerprint density at radius 3 is 2.58 bits per heavy atom. The minimum absolute atomic E-state index is 0.0252. The first-order valence-electron chi connectivity index (χ1n) is 9.59. The number of rotatable bonds is 11. The van der Waals surface area contributed by atoms with Gasteiger partial charge in [-0.3, -0.25) is 4.79 Å². The number of aromatic nitrogens is 5. The number of carbonyl (C=O) groups is 1. The Balaban J connectivity index is 2.30. The van der Waals surface area contributed by atoms with Gasteiger partial charge in [0.15, 0.2) is 5.82 Å². The van der Waals surface area contributed by atoms with Gasteiger partial charge >= 0.3 is 12.1 Å². The molecule has 2 atom stereocenters. The Morgan fingerprint density at radius 2 is 2.03 bits per heavy atom. The first-order valence-corrected chi connectivity index (χ1v) is 14.1. The van der Waals surface area contributed by atoms with Crippen molar-refractivity contribution in [2.75, 3.05) is 6.61 Å². The van der Waals surface area contributed by atoms with Crippen LogP contribution in [0.4, 0.5) is 13.2 Å². The van der Waals surface area contributed by atoms with E-state index in [0.717, 1.165) is 6.04 Å². The van der Waals surface area contributed by atoms with Gasteiger partial charge in [-0.05, 0) is 50.5 Å². The molecule has 0 aliphatic carbocycles. The molecule has 2 aromatic heterocycles. The van der Waals surface area contributed by atoms with Gasteiger partial charge < -0.3 is 9.84 Å². The fourth-order valence-corrected chi connectivity index (χ4v) is 3.94. The van der Waals surface area contributed by atoms with Crippen molar-refractivity contribution in [1.29, 1.82) is 0 Å². The first kappa shape index (κ1) is 25.4. The number of tetrazole rings is 1. The molecular weight excluding hydrogens is 499 g/mol. The molecule has 13 heteroatoms. The highest BCUT2D eigenvalue weighted by molar-refractivity contribution is 9.10. The summed E-state index contributed by atoms with van der Waals surface area (Å²) >= 11 is 3.20. The van der Waals surface area contributed by atoms with E-state index in [1.807, 2.05) is 0 Å². The molecule has 0 aromatic carbocycles. The van der Waals surface area contributed by atoms with Gasteiger partial charge in [-0.15, -0.1) is 5.10 Å². The van der Waals surface area contributed by atoms with Gasteiger partial charge in [-0.1, -0.05) is 25.7 Å². The van der Waals surface area contributed by atoms with Crippen molar-refractivity contribution in [3.8, 4) is 0 Å². The number of pyridine rings is 1. The summed E-state index contributed by atoms with van der Waals surface area (Å²) in [5, 5.41) is 20.8. The van der Waals surface area contributed by atoms with Crippen LogP contribution >= 0.6 is 15.9 Å². The van der Waals surface area contributed by atoms with E-state index in [9.17, 15) is 23.1 Å². The third kappa shape index (κ3) is 8.65. The van der Waals surface area contributed by atoms with E-state index in [1.54, 1.807) is 12.1 Å². The SMILES string of the molecule is C[Si](C)(C)CCOCn1nnnc1[C@@H](Cc1ccc(Br)nc1)C(CC(F)(F)F)C(=O)O. The number of carboxylic acids is 1. The third-order valence-corrected chi connectivity index (χ3v) is 6.77. The highest BCUT2D eigenvalue weighted by Crippen LogP contribution is 2.36. The van der Waals surface area contributed by atoms with E-state index < -0.39 is 38.5 Å².